The van der Waals surface area contributed by atoms with Crippen molar-refractivity contribution < 1.29 is 4.52 Å². The molecule has 0 unspecified atom stereocenters. The van der Waals surface area contributed by atoms with Gasteiger partial charge in [0.15, 0.2) is 5.76 Å². The first-order chi connectivity index (χ1) is 11.7. The Morgan fingerprint density at radius 3 is 2.75 bits per heavy atom. The molecule has 0 fully saturated rings. The second-order valence-corrected chi connectivity index (χ2v) is 5.82. The monoisotopic (exact) mass is 337 g/mol. The van der Waals surface area contributed by atoms with Crippen LogP contribution in [0.3, 0.4) is 0 Å². The summed E-state index contributed by atoms with van der Waals surface area (Å²) in [4.78, 5) is 16.9. The fourth-order valence-corrected chi connectivity index (χ4v) is 2.72. The van der Waals surface area contributed by atoms with E-state index in [0.717, 1.165) is 11.3 Å². The number of fused-ring (bicyclic) bond motifs is 1. The fourth-order valence-electron chi connectivity index (χ4n) is 2.54. The number of nitrogens with zero attached hydrogens (tertiary/aromatic N) is 3. The summed E-state index contributed by atoms with van der Waals surface area (Å²) in [5.74, 6) is 0.583. The maximum Gasteiger partial charge on any atom is 0.261 e. The molecule has 0 amide bonds. The number of aromatic nitrogens is 3. The molecule has 24 heavy (non-hydrogen) atoms. The molecule has 0 radical (unpaired) electrons. The lowest BCUT2D eigenvalue weighted by molar-refractivity contribution is 0.376. The largest absolute Gasteiger partial charge is 0.359 e. The Morgan fingerprint density at radius 1 is 1.08 bits per heavy atom. The van der Waals surface area contributed by atoms with Crippen molar-refractivity contribution >= 4 is 22.5 Å². The molecule has 0 aliphatic carbocycles. The van der Waals surface area contributed by atoms with Gasteiger partial charge in [0.05, 0.1) is 23.8 Å². The van der Waals surface area contributed by atoms with Crippen molar-refractivity contribution in [2.45, 2.75) is 6.54 Å². The molecule has 0 saturated carbocycles. The molecule has 2 aromatic heterocycles. The van der Waals surface area contributed by atoms with E-state index in [1.165, 1.54) is 10.9 Å². The van der Waals surface area contributed by atoms with E-state index in [1.807, 2.05) is 36.4 Å². The average molecular weight is 338 g/mol. The van der Waals surface area contributed by atoms with Gasteiger partial charge in [-0.3, -0.25) is 9.36 Å². The summed E-state index contributed by atoms with van der Waals surface area (Å²) >= 11 is 5.97. The number of halogens is 1. The minimum atomic E-state index is -0.167. The zero-order valence-electron chi connectivity index (χ0n) is 12.5. The molecule has 118 valence electrons. The minimum Gasteiger partial charge on any atom is -0.359 e. The van der Waals surface area contributed by atoms with Gasteiger partial charge in [-0.05, 0) is 18.2 Å². The lowest BCUT2D eigenvalue weighted by Crippen LogP contribution is -2.20. The van der Waals surface area contributed by atoms with Crippen LogP contribution in [0.15, 0.2) is 70.2 Å². The molecular weight excluding hydrogens is 326 g/mol. The molecule has 0 N–H and O–H groups in total. The lowest BCUT2D eigenvalue weighted by atomic mass is 10.1. The Hall–Kier alpha value is -2.92. The summed E-state index contributed by atoms with van der Waals surface area (Å²) < 4.78 is 6.83. The Balaban J connectivity index is 1.69. The quantitative estimate of drug-likeness (QED) is 0.571. The van der Waals surface area contributed by atoms with Gasteiger partial charge in [-0.2, -0.15) is 0 Å². The van der Waals surface area contributed by atoms with Crippen LogP contribution in [0.5, 0.6) is 0 Å². The van der Waals surface area contributed by atoms with Crippen molar-refractivity contribution in [3.05, 3.63) is 82.1 Å². The van der Waals surface area contributed by atoms with Gasteiger partial charge in [-0.15, -0.1) is 0 Å². The van der Waals surface area contributed by atoms with Crippen molar-refractivity contribution in [3.8, 4) is 11.3 Å². The van der Waals surface area contributed by atoms with Crippen molar-refractivity contribution in [3.63, 3.8) is 0 Å². The normalized spacial score (nSPS) is 11.0. The van der Waals surface area contributed by atoms with E-state index in [1.54, 1.807) is 18.2 Å². The molecule has 0 aliphatic rings. The first-order valence-electron chi connectivity index (χ1n) is 7.36. The highest BCUT2D eigenvalue weighted by Crippen LogP contribution is 2.19. The van der Waals surface area contributed by atoms with Crippen LogP contribution in [0.2, 0.25) is 5.02 Å². The first-order valence-corrected chi connectivity index (χ1v) is 7.74. The lowest BCUT2D eigenvalue weighted by Gasteiger charge is -2.04. The van der Waals surface area contributed by atoms with Gasteiger partial charge in [0.25, 0.3) is 5.56 Å². The standard InChI is InChI=1S/C18H12ClN3O2/c19-13-6-7-16-15(8-13)18(23)22(11-20-16)10-14-9-17(21-24-14)12-4-2-1-3-5-12/h1-9,11H,10H2. The summed E-state index contributed by atoms with van der Waals surface area (Å²) in [7, 11) is 0. The van der Waals surface area contributed by atoms with Crippen LogP contribution in [0.25, 0.3) is 22.2 Å². The molecule has 6 heteroatoms. The molecule has 2 aromatic carbocycles. The van der Waals surface area contributed by atoms with Crippen LogP contribution in [0.1, 0.15) is 5.76 Å². The second-order valence-electron chi connectivity index (χ2n) is 5.38. The number of hydrogen-bond acceptors (Lipinski definition) is 4. The van der Waals surface area contributed by atoms with Crippen LogP contribution < -0.4 is 5.56 Å². The smallest absolute Gasteiger partial charge is 0.261 e. The van der Waals surface area contributed by atoms with Gasteiger partial charge in [0.1, 0.15) is 5.69 Å². The summed E-state index contributed by atoms with van der Waals surface area (Å²) in [5.41, 5.74) is 2.14. The minimum absolute atomic E-state index is 0.167. The molecule has 5 nitrogen and oxygen atoms in total. The molecule has 2 heterocycles. The molecular formula is C18H12ClN3O2. The summed E-state index contributed by atoms with van der Waals surface area (Å²) in [6, 6.07) is 16.6. The zero-order chi connectivity index (χ0) is 16.5. The Morgan fingerprint density at radius 2 is 1.92 bits per heavy atom. The summed E-state index contributed by atoms with van der Waals surface area (Å²) in [5, 5.41) is 5.04. The maximum atomic E-state index is 12.6. The van der Waals surface area contributed by atoms with Crippen molar-refractivity contribution in [1.82, 2.24) is 14.7 Å². The van der Waals surface area contributed by atoms with Crippen molar-refractivity contribution in [2.75, 3.05) is 0 Å². The van der Waals surface area contributed by atoms with Crippen LogP contribution in [-0.2, 0) is 6.54 Å². The van der Waals surface area contributed by atoms with E-state index in [2.05, 4.69) is 10.1 Å². The Labute approximate surface area is 142 Å². The third-order valence-electron chi connectivity index (χ3n) is 3.74. The van der Waals surface area contributed by atoms with E-state index in [0.29, 0.717) is 21.7 Å². The average Bonchev–Trinajstić information content (AvgIpc) is 3.07. The molecule has 0 bridgehead atoms. The van der Waals surface area contributed by atoms with Crippen molar-refractivity contribution in [1.29, 1.82) is 0 Å². The van der Waals surface area contributed by atoms with Gasteiger partial charge in [0.2, 0.25) is 0 Å². The zero-order valence-corrected chi connectivity index (χ0v) is 13.3. The number of hydrogen-bond donors (Lipinski definition) is 0. The predicted octanol–water partition coefficient (Wildman–Crippen LogP) is 3.75. The number of rotatable bonds is 3. The van der Waals surface area contributed by atoms with Crippen LogP contribution in [-0.4, -0.2) is 14.7 Å². The molecule has 0 aliphatic heterocycles. The molecule has 0 saturated heterocycles. The van der Waals surface area contributed by atoms with Crippen LogP contribution in [0.4, 0.5) is 0 Å². The second kappa shape index (κ2) is 5.94. The summed E-state index contributed by atoms with van der Waals surface area (Å²) in [6.07, 6.45) is 1.50. The molecule has 4 aromatic rings. The van der Waals surface area contributed by atoms with E-state index in [4.69, 9.17) is 16.1 Å². The van der Waals surface area contributed by atoms with Crippen molar-refractivity contribution in [2.24, 2.45) is 0 Å². The molecule has 0 spiro atoms. The third-order valence-corrected chi connectivity index (χ3v) is 3.98. The highest BCUT2D eigenvalue weighted by Gasteiger charge is 2.10. The third kappa shape index (κ3) is 2.70. The van der Waals surface area contributed by atoms with Gasteiger partial charge >= 0.3 is 0 Å². The first kappa shape index (κ1) is 14.7. The highest BCUT2D eigenvalue weighted by atomic mass is 35.5. The molecule has 4 rings (SSSR count). The SMILES string of the molecule is O=c1c2cc(Cl)ccc2ncn1Cc1cc(-c2ccccc2)no1. The van der Waals surface area contributed by atoms with Crippen LogP contribution in [0, 0.1) is 0 Å². The van der Waals surface area contributed by atoms with Crippen LogP contribution >= 0.6 is 11.6 Å². The van der Waals surface area contributed by atoms with E-state index in [9.17, 15) is 4.79 Å². The summed E-state index contributed by atoms with van der Waals surface area (Å²) in [6.45, 7) is 0.258. The van der Waals surface area contributed by atoms with Gasteiger partial charge < -0.3 is 4.52 Å². The van der Waals surface area contributed by atoms with E-state index >= 15 is 0 Å². The van der Waals surface area contributed by atoms with E-state index in [-0.39, 0.29) is 12.1 Å². The Kier molecular flexibility index (Phi) is 3.63. The predicted molar refractivity (Wildman–Crippen MR) is 92.1 cm³/mol. The topological polar surface area (TPSA) is 60.9 Å². The van der Waals surface area contributed by atoms with E-state index < -0.39 is 0 Å². The van der Waals surface area contributed by atoms with Gasteiger partial charge in [0, 0.05) is 16.7 Å². The maximum absolute atomic E-state index is 12.6. The number of benzene rings is 2. The van der Waals surface area contributed by atoms with Gasteiger partial charge in [-0.1, -0.05) is 47.1 Å². The fraction of sp³-hybridized carbons (Fsp3) is 0.0556. The Bertz CT molecular complexity index is 1070. The van der Waals surface area contributed by atoms with Gasteiger partial charge in [-0.25, -0.2) is 4.98 Å². The molecule has 0 atom stereocenters. The highest BCUT2D eigenvalue weighted by molar-refractivity contribution is 6.31.